The summed E-state index contributed by atoms with van der Waals surface area (Å²) in [5, 5.41) is 4.28. The summed E-state index contributed by atoms with van der Waals surface area (Å²) in [7, 11) is 1.62. The summed E-state index contributed by atoms with van der Waals surface area (Å²) >= 11 is 0. The van der Waals surface area contributed by atoms with Crippen LogP contribution in [0.2, 0.25) is 0 Å². The molecular formula is C29H30N4O3. The minimum atomic E-state index is -0.705. The molecule has 0 saturated carbocycles. The molecule has 0 aliphatic carbocycles. The molecule has 1 amide bonds. The normalized spacial score (nSPS) is 11.0. The van der Waals surface area contributed by atoms with Crippen molar-refractivity contribution < 1.29 is 4.79 Å². The summed E-state index contributed by atoms with van der Waals surface area (Å²) < 4.78 is 2.24. The first-order chi connectivity index (χ1) is 17.3. The first-order valence-electron chi connectivity index (χ1n) is 11.9. The number of carbonyl (C=O) groups is 1. The number of aryl methyl sites for hydroxylation is 1. The van der Waals surface area contributed by atoms with Gasteiger partial charge < -0.3 is 4.90 Å². The van der Waals surface area contributed by atoms with Crippen molar-refractivity contribution in [3.63, 3.8) is 0 Å². The van der Waals surface area contributed by atoms with Gasteiger partial charge >= 0.3 is 5.69 Å². The highest BCUT2D eigenvalue weighted by Gasteiger charge is 2.23. The summed E-state index contributed by atoms with van der Waals surface area (Å²) in [5.41, 5.74) is 2.69. The fourth-order valence-electron chi connectivity index (χ4n) is 4.02. The second kappa shape index (κ2) is 10.6. The van der Waals surface area contributed by atoms with Crippen LogP contribution in [0.4, 0.5) is 0 Å². The lowest BCUT2D eigenvalue weighted by molar-refractivity contribution is 0.0773. The van der Waals surface area contributed by atoms with Crippen molar-refractivity contribution in [1.82, 2.24) is 19.2 Å². The Morgan fingerprint density at radius 3 is 2.19 bits per heavy atom. The van der Waals surface area contributed by atoms with Crippen molar-refractivity contribution in [3.05, 3.63) is 128 Å². The zero-order valence-corrected chi connectivity index (χ0v) is 21.0. The van der Waals surface area contributed by atoms with Crippen molar-refractivity contribution >= 4 is 5.91 Å². The number of carbonyl (C=O) groups excluding carboxylic acids is 1. The number of benzene rings is 3. The van der Waals surface area contributed by atoms with Gasteiger partial charge in [-0.15, -0.1) is 0 Å². The lowest BCUT2D eigenvalue weighted by Gasteiger charge is -2.18. The van der Waals surface area contributed by atoms with Gasteiger partial charge in [-0.3, -0.25) is 14.2 Å². The molecule has 0 saturated heterocycles. The Kier molecular flexibility index (Phi) is 7.29. The van der Waals surface area contributed by atoms with Crippen LogP contribution >= 0.6 is 0 Å². The standard InChI is InChI=1S/C29H30N4O3/c1-20(2)23-14-16-25(17-15-23)33-29(36)32(19-24-13-9-8-10-21(24)3)28(35)26(30-33)27(34)31(4)18-22-11-6-5-7-12-22/h5-17,20H,18-19H2,1-4H3. The third kappa shape index (κ3) is 5.20. The molecule has 0 aliphatic heterocycles. The molecule has 7 nitrogen and oxygen atoms in total. The molecule has 36 heavy (non-hydrogen) atoms. The number of amides is 1. The molecule has 4 aromatic rings. The number of hydrogen-bond acceptors (Lipinski definition) is 4. The van der Waals surface area contributed by atoms with E-state index >= 15 is 0 Å². The maximum absolute atomic E-state index is 13.5. The molecular weight excluding hydrogens is 452 g/mol. The zero-order chi connectivity index (χ0) is 25.8. The fraction of sp³-hybridized carbons (Fsp3) is 0.241. The van der Waals surface area contributed by atoms with E-state index in [2.05, 4.69) is 18.9 Å². The third-order valence-corrected chi connectivity index (χ3v) is 6.27. The van der Waals surface area contributed by atoms with Crippen LogP contribution in [0, 0.1) is 6.92 Å². The average molecular weight is 483 g/mol. The van der Waals surface area contributed by atoms with Gasteiger partial charge in [0.2, 0.25) is 5.69 Å². The lowest BCUT2D eigenvalue weighted by Crippen LogP contribution is -2.46. The number of rotatable bonds is 7. The van der Waals surface area contributed by atoms with Crippen LogP contribution in [0.5, 0.6) is 0 Å². The topological polar surface area (TPSA) is 77.2 Å². The molecule has 1 aromatic heterocycles. The smallest absolute Gasteiger partial charge is 0.336 e. The summed E-state index contributed by atoms with van der Waals surface area (Å²) in [6, 6.07) is 24.5. The zero-order valence-electron chi connectivity index (χ0n) is 21.0. The Labute approximate surface area is 210 Å². The molecule has 3 aromatic carbocycles. The van der Waals surface area contributed by atoms with Crippen LogP contribution in [-0.4, -0.2) is 32.2 Å². The van der Waals surface area contributed by atoms with Gasteiger partial charge in [0, 0.05) is 13.6 Å². The summed E-state index contributed by atoms with van der Waals surface area (Å²) in [6.07, 6.45) is 0. The fourth-order valence-corrected chi connectivity index (χ4v) is 4.02. The van der Waals surface area contributed by atoms with Crippen LogP contribution in [0.15, 0.2) is 88.5 Å². The molecule has 1 heterocycles. The number of nitrogens with zero attached hydrogens (tertiary/aromatic N) is 4. The predicted octanol–water partition coefficient (Wildman–Crippen LogP) is 4.15. The van der Waals surface area contributed by atoms with Crippen LogP contribution in [0.25, 0.3) is 5.69 Å². The molecule has 0 aliphatic rings. The van der Waals surface area contributed by atoms with Gasteiger partial charge in [0.1, 0.15) is 0 Å². The van der Waals surface area contributed by atoms with Gasteiger partial charge in [0.15, 0.2) is 0 Å². The van der Waals surface area contributed by atoms with E-state index in [1.807, 2.05) is 73.7 Å². The van der Waals surface area contributed by atoms with Gasteiger partial charge in [-0.05, 0) is 47.2 Å². The van der Waals surface area contributed by atoms with Gasteiger partial charge in [-0.25, -0.2) is 4.79 Å². The molecule has 0 unspecified atom stereocenters. The van der Waals surface area contributed by atoms with Crippen molar-refractivity contribution in [2.45, 2.75) is 39.8 Å². The third-order valence-electron chi connectivity index (χ3n) is 6.27. The predicted molar refractivity (Wildman–Crippen MR) is 141 cm³/mol. The molecule has 0 spiro atoms. The number of hydrogen-bond donors (Lipinski definition) is 0. The van der Waals surface area contributed by atoms with Crippen LogP contribution in [-0.2, 0) is 13.1 Å². The molecule has 0 bridgehead atoms. The molecule has 7 heteroatoms. The molecule has 0 N–H and O–H groups in total. The average Bonchev–Trinajstić information content (AvgIpc) is 2.88. The quantitative estimate of drug-likeness (QED) is 0.397. The van der Waals surface area contributed by atoms with Gasteiger partial charge in [-0.1, -0.05) is 80.6 Å². The molecule has 0 atom stereocenters. The molecule has 4 rings (SSSR count). The highest BCUT2D eigenvalue weighted by molar-refractivity contribution is 5.91. The van der Waals surface area contributed by atoms with E-state index in [9.17, 15) is 14.4 Å². The van der Waals surface area contributed by atoms with E-state index in [4.69, 9.17) is 0 Å². The van der Waals surface area contributed by atoms with Crippen LogP contribution in [0.3, 0.4) is 0 Å². The minimum absolute atomic E-state index is 0.0413. The Bertz CT molecular complexity index is 1490. The van der Waals surface area contributed by atoms with Crippen molar-refractivity contribution in [1.29, 1.82) is 0 Å². The summed E-state index contributed by atoms with van der Waals surface area (Å²) in [6.45, 7) is 6.44. The first kappa shape index (κ1) is 24.9. The largest absolute Gasteiger partial charge is 0.352 e. The Balaban J connectivity index is 1.83. The summed E-state index contributed by atoms with van der Waals surface area (Å²) in [5.74, 6) is -0.225. The van der Waals surface area contributed by atoms with E-state index in [0.717, 1.165) is 31.5 Å². The van der Waals surface area contributed by atoms with E-state index in [0.29, 0.717) is 18.2 Å². The van der Waals surface area contributed by atoms with Crippen molar-refractivity contribution in [2.75, 3.05) is 7.05 Å². The van der Waals surface area contributed by atoms with Gasteiger partial charge in [0.05, 0.1) is 12.2 Å². The second-order valence-corrected chi connectivity index (χ2v) is 9.25. The Morgan fingerprint density at radius 1 is 0.917 bits per heavy atom. The monoisotopic (exact) mass is 482 g/mol. The molecule has 0 radical (unpaired) electrons. The van der Waals surface area contributed by atoms with Crippen LogP contribution < -0.4 is 11.2 Å². The number of aromatic nitrogens is 3. The molecule has 0 fully saturated rings. The maximum atomic E-state index is 13.5. The summed E-state index contributed by atoms with van der Waals surface area (Å²) in [4.78, 5) is 41.8. The van der Waals surface area contributed by atoms with E-state index in [1.165, 1.54) is 4.90 Å². The van der Waals surface area contributed by atoms with Gasteiger partial charge in [-0.2, -0.15) is 9.78 Å². The lowest BCUT2D eigenvalue weighted by atomic mass is 10.0. The highest BCUT2D eigenvalue weighted by Crippen LogP contribution is 2.16. The second-order valence-electron chi connectivity index (χ2n) is 9.25. The Morgan fingerprint density at radius 2 is 1.56 bits per heavy atom. The first-order valence-corrected chi connectivity index (χ1v) is 11.9. The maximum Gasteiger partial charge on any atom is 0.352 e. The van der Waals surface area contributed by atoms with Gasteiger partial charge in [0.25, 0.3) is 11.5 Å². The molecule has 184 valence electrons. The van der Waals surface area contributed by atoms with E-state index < -0.39 is 17.2 Å². The minimum Gasteiger partial charge on any atom is -0.336 e. The van der Waals surface area contributed by atoms with Crippen molar-refractivity contribution in [2.24, 2.45) is 0 Å². The highest BCUT2D eigenvalue weighted by atomic mass is 16.2. The van der Waals surface area contributed by atoms with E-state index in [-0.39, 0.29) is 12.2 Å². The Hall–Kier alpha value is -4.26. The van der Waals surface area contributed by atoms with E-state index in [1.54, 1.807) is 19.2 Å². The van der Waals surface area contributed by atoms with Crippen LogP contribution in [0.1, 0.15) is 52.5 Å². The SMILES string of the molecule is Cc1ccccc1Cn1c(=O)c(C(=O)N(C)Cc2ccccc2)nn(-c2ccc(C(C)C)cc2)c1=O. The van der Waals surface area contributed by atoms with Crippen molar-refractivity contribution in [3.8, 4) is 5.69 Å².